The number of nitrogens with one attached hydrogen (secondary N) is 1. The second-order valence-corrected chi connectivity index (χ2v) is 6.45. The zero-order chi connectivity index (χ0) is 16.1. The summed E-state index contributed by atoms with van der Waals surface area (Å²) in [7, 11) is 1.54. The number of furan rings is 1. The highest BCUT2D eigenvalue weighted by Crippen LogP contribution is 2.54. The summed E-state index contributed by atoms with van der Waals surface area (Å²) in [4.78, 5) is 38.9. The van der Waals surface area contributed by atoms with Crippen molar-refractivity contribution in [1.82, 2.24) is 10.2 Å². The van der Waals surface area contributed by atoms with Gasteiger partial charge in [-0.1, -0.05) is 12.2 Å². The first-order valence-corrected chi connectivity index (χ1v) is 7.91. The predicted octanol–water partition coefficient (Wildman–Crippen LogP) is 1.26. The van der Waals surface area contributed by atoms with Gasteiger partial charge in [0.15, 0.2) is 0 Å². The first kappa shape index (κ1) is 14.2. The van der Waals surface area contributed by atoms with Gasteiger partial charge < -0.3 is 9.73 Å². The van der Waals surface area contributed by atoms with Crippen molar-refractivity contribution in [3.63, 3.8) is 0 Å². The van der Waals surface area contributed by atoms with E-state index >= 15 is 0 Å². The minimum absolute atomic E-state index is 0.0176. The molecule has 1 aromatic heterocycles. The van der Waals surface area contributed by atoms with E-state index in [1.807, 2.05) is 0 Å². The fourth-order valence-corrected chi connectivity index (χ4v) is 4.31. The van der Waals surface area contributed by atoms with Crippen LogP contribution < -0.4 is 5.32 Å². The van der Waals surface area contributed by atoms with Crippen LogP contribution in [-0.4, -0.2) is 29.7 Å². The van der Waals surface area contributed by atoms with E-state index in [-0.39, 0.29) is 47.8 Å². The Labute approximate surface area is 133 Å². The van der Waals surface area contributed by atoms with Gasteiger partial charge in [-0.15, -0.1) is 0 Å². The Morgan fingerprint density at radius 1 is 1.30 bits per heavy atom. The van der Waals surface area contributed by atoms with Crippen LogP contribution in [0.4, 0.5) is 0 Å². The lowest BCUT2D eigenvalue weighted by molar-refractivity contribution is -0.144. The van der Waals surface area contributed by atoms with Gasteiger partial charge in [0.25, 0.3) is 0 Å². The Hall–Kier alpha value is -2.37. The average molecular weight is 314 g/mol. The fraction of sp³-hybridized carbons (Fsp3) is 0.471. The van der Waals surface area contributed by atoms with E-state index in [0.717, 1.165) is 6.42 Å². The Balaban J connectivity index is 1.68. The molecule has 0 spiro atoms. The van der Waals surface area contributed by atoms with Crippen molar-refractivity contribution in [2.75, 3.05) is 7.05 Å². The molecule has 6 nitrogen and oxygen atoms in total. The summed E-state index contributed by atoms with van der Waals surface area (Å²) in [5.74, 6) is -0.309. The average Bonchev–Trinajstić information content (AvgIpc) is 3.30. The first-order chi connectivity index (χ1) is 11.1. The van der Waals surface area contributed by atoms with Gasteiger partial charge in [-0.2, -0.15) is 0 Å². The van der Waals surface area contributed by atoms with Crippen LogP contribution in [0.5, 0.6) is 0 Å². The first-order valence-electron chi connectivity index (χ1n) is 7.91. The number of amides is 3. The molecule has 4 rings (SSSR count). The van der Waals surface area contributed by atoms with Crippen LogP contribution in [0.3, 0.4) is 0 Å². The molecule has 120 valence electrons. The van der Waals surface area contributed by atoms with Crippen molar-refractivity contribution in [2.45, 2.75) is 18.9 Å². The lowest BCUT2D eigenvalue weighted by Crippen LogP contribution is -2.38. The van der Waals surface area contributed by atoms with E-state index in [4.69, 9.17) is 4.42 Å². The molecule has 2 heterocycles. The highest BCUT2D eigenvalue weighted by molar-refractivity contribution is 6.07. The van der Waals surface area contributed by atoms with Crippen molar-refractivity contribution in [1.29, 1.82) is 0 Å². The highest BCUT2D eigenvalue weighted by Gasteiger charge is 2.60. The Bertz CT molecular complexity index is 663. The van der Waals surface area contributed by atoms with Crippen molar-refractivity contribution in [3.8, 4) is 0 Å². The van der Waals surface area contributed by atoms with E-state index in [9.17, 15) is 14.4 Å². The summed E-state index contributed by atoms with van der Waals surface area (Å²) in [5, 5.41) is 2.55. The molecule has 6 heteroatoms. The molecule has 1 N–H and O–H groups in total. The van der Waals surface area contributed by atoms with E-state index in [1.54, 1.807) is 12.1 Å². The van der Waals surface area contributed by atoms with Crippen molar-refractivity contribution < 1.29 is 18.8 Å². The summed E-state index contributed by atoms with van der Waals surface area (Å²) in [5.41, 5.74) is 0. The van der Waals surface area contributed by atoms with Gasteiger partial charge in [-0.05, 0) is 30.4 Å². The Morgan fingerprint density at radius 3 is 2.48 bits per heavy atom. The number of allylic oxidation sites excluding steroid dienone is 2. The molecule has 1 aromatic rings. The number of fused-ring (bicyclic) bond motifs is 5. The minimum atomic E-state index is -0.671. The lowest BCUT2D eigenvalue weighted by Gasteiger charge is -2.25. The van der Waals surface area contributed by atoms with Gasteiger partial charge in [-0.25, -0.2) is 0 Å². The van der Waals surface area contributed by atoms with Crippen LogP contribution in [0.25, 0.3) is 0 Å². The maximum Gasteiger partial charge on any atom is 0.234 e. The monoisotopic (exact) mass is 314 g/mol. The second-order valence-electron chi connectivity index (χ2n) is 6.45. The zero-order valence-electron chi connectivity index (χ0n) is 12.8. The minimum Gasteiger partial charge on any atom is -0.467 e. The van der Waals surface area contributed by atoms with Crippen LogP contribution in [0.15, 0.2) is 35.0 Å². The summed E-state index contributed by atoms with van der Waals surface area (Å²) in [6.07, 6.45) is 6.51. The number of likely N-dealkylation sites (tertiary alicyclic amines) is 1. The summed E-state index contributed by atoms with van der Waals surface area (Å²) in [6.45, 7) is 0. The van der Waals surface area contributed by atoms with Crippen LogP contribution in [-0.2, 0) is 14.4 Å². The molecule has 1 aliphatic heterocycles. The number of rotatable bonds is 4. The third kappa shape index (κ3) is 1.97. The standard InChI is InChI=1S/C17H18N2O4/c1-18-13(20)8-11(12-3-2-6-23-12)19-16(21)14-9-4-5-10(7-9)15(14)17(19)22/h2-6,9-11,14-15H,7-8H2,1H3,(H,18,20). The normalized spacial score (nSPS) is 32.5. The topological polar surface area (TPSA) is 79.6 Å². The van der Waals surface area contributed by atoms with Gasteiger partial charge in [0.05, 0.1) is 24.5 Å². The summed E-state index contributed by atoms with van der Waals surface area (Å²) >= 11 is 0. The largest absolute Gasteiger partial charge is 0.467 e. The van der Waals surface area contributed by atoms with Crippen LogP contribution in [0.1, 0.15) is 24.6 Å². The highest BCUT2D eigenvalue weighted by atomic mass is 16.3. The molecular weight excluding hydrogens is 296 g/mol. The Kier molecular flexibility index (Phi) is 3.14. The number of carbonyl (C=O) groups excluding carboxylic acids is 3. The number of nitrogens with zero attached hydrogens (tertiary/aromatic N) is 1. The molecule has 5 unspecified atom stereocenters. The van der Waals surface area contributed by atoms with Crippen molar-refractivity contribution in [2.24, 2.45) is 23.7 Å². The smallest absolute Gasteiger partial charge is 0.234 e. The maximum atomic E-state index is 12.9. The van der Waals surface area contributed by atoms with Gasteiger partial charge in [0.2, 0.25) is 17.7 Å². The molecule has 2 bridgehead atoms. The molecule has 3 amide bonds. The van der Waals surface area contributed by atoms with E-state index in [1.165, 1.54) is 18.2 Å². The van der Waals surface area contributed by atoms with Crippen molar-refractivity contribution >= 4 is 17.7 Å². The van der Waals surface area contributed by atoms with Crippen LogP contribution >= 0.6 is 0 Å². The Morgan fingerprint density at radius 2 is 1.96 bits per heavy atom. The lowest BCUT2D eigenvalue weighted by atomic mass is 9.85. The van der Waals surface area contributed by atoms with Crippen molar-refractivity contribution in [3.05, 3.63) is 36.3 Å². The number of imide groups is 1. The molecule has 0 radical (unpaired) electrons. The number of hydrogen-bond donors (Lipinski definition) is 1. The third-order valence-corrected chi connectivity index (χ3v) is 5.35. The van der Waals surface area contributed by atoms with Gasteiger partial charge in [0, 0.05) is 7.05 Å². The number of carbonyl (C=O) groups is 3. The molecule has 2 fully saturated rings. The van der Waals surface area contributed by atoms with Crippen LogP contribution in [0, 0.1) is 23.7 Å². The van der Waals surface area contributed by atoms with E-state index in [0.29, 0.717) is 5.76 Å². The molecule has 0 aromatic carbocycles. The molecular formula is C17H18N2O4. The van der Waals surface area contributed by atoms with Gasteiger partial charge >= 0.3 is 0 Å². The molecule has 3 aliphatic rings. The third-order valence-electron chi connectivity index (χ3n) is 5.35. The van der Waals surface area contributed by atoms with Gasteiger partial charge in [0.1, 0.15) is 11.8 Å². The van der Waals surface area contributed by atoms with E-state index in [2.05, 4.69) is 17.5 Å². The molecule has 23 heavy (non-hydrogen) atoms. The maximum absolute atomic E-state index is 12.9. The number of hydrogen-bond acceptors (Lipinski definition) is 4. The van der Waals surface area contributed by atoms with E-state index < -0.39 is 6.04 Å². The molecule has 1 saturated carbocycles. The SMILES string of the molecule is CNC(=O)CC(c1ccco1)N1C(=O)C2C3C=CC(C3)C2C1=O. The molecule has 5 atom stereocenters. The predicted molar refractivity (Wildman–Crippen MR) is 79.7 cm³/mol. The molecule has 2 aliphatic carbocycles. The second kappa shape index (κ2) is 5.08. The zero-order valence-corrected chi connectivity index (χ0v) is 12.8. The van der Waals surface area contributed by atoms with Crippen LogP contribution in [0.2, 0.25) is 0 Å². The fourth-order valence-electron chi connectivity index (χ4n) is 4.31. The van der Waals surface area contributed by atoms with Gasteiger partial charge in [-0.3, -0.25) is 19.3 Å². The summed E-state index contributed by atoms with van der Waals surface area (Å²) in [6, 6.07) is 2.73. The molecule has 1 saturated heterocycles. The quantitative estimate of drug-likeness (QED) is 0.670. The summed E-state index contributed by atoms with van der Waals surface area (Å²) < 4.78 is 5.40.